The molecule has 0 unspecified atom stereocenters. The smallest absolute Gasteiger partial charge is 0.313 e. The summed E-state index contributed by atoms with van der Waals surface area (Å²) in [5.41, 5.74) is 1.59. The highest BCUT2D eigenvalue weighted by Crippen LogP contribution is 2.26. The lowest BCUT2D eigenvalue weighted by atomic mass is 10.0. The summed E-state index contributed by atoms with van der Waals surface area (Å²) in [6.45, 7) is 4.47. The normalized spacial score (nSPS) is 11.0. The molecule has 0 aliphatic carbocycles. The van der Waals surface area contributed by atoms with Crippen molar-refractivity contribution in [2.75, 3.05) is 0 Å². The molecular formula is C20H20N2O3. The van der Waals surface area contributed by atoms with Crippen LogP contribution in [0.1, 0.15) is 31.7 Å². The summed E-state index contributed by atoms with van der Waals surface area (Å²) < 4.78 is 7.18. The Balaban J connectivity index is 1.74. The van der Waals surface area contributed by atoms with Crippen molar-refractivity contribution in [1.29, 1.82) is 0 Å². The molecule has 0 atom stereocenters. The average molecular weight is 336 g/mol. The van der Waals surface area contributed by atoms with Crippen LogP contribution in [0, 0.1) is 0 Å². The highest BCUT2D eigenvalue weighted by atomic mass is 16.5. The molecule has 0 radical (unpaired) electrons. The van der Waals surface area contributed by atoms with E-state index in [2.05, 4.69) is 18.9 Å². The molecular weight excluding hydrogens is 316 g/mol. The third kappa shape index (κ3) is 3.76. The molecule has 2 aromatic carbocycles. The molecule has 0 fully saturated rings. The van der Waals surface area contributed by atoms with Crippen molar-refractivity contribution in [2.24, 2.45) is 0 Å². The predicted molar refractivity (Wildman–Crippen MR) is 96.8 cm³/mol. The standard InChI is InChI=1S/C20H20N2O3/c1-14(2)15-7-4-6-10-19(15)25-20(24)11-12-22-17-9-5-3-8-16(17)18(23)13-21-22/h3-10,13-14H,11-12H2,1-2H3. The van der Waals surface area contributed by atoms with E-state index >= 15 is 0 Å². The fourth-order valence-corrected chi connectivity index (χ4v) is 2.76. The Hall–Kier alpha value is -2.95. The predicted octanol–water partition coefficient (Wildman–Crippen LogP) is 3.52. The number of carbonyl (C=O) groups is 1. The number of aromatic nitrogens is 2. The van der Waals surface area contributed by atoms with Crippen molar-refractivity contribution in [1.82, 2.24) is 9.78 Å². The van der Waals surface area contributed by atoms with Crippen molar-refractivity contribution in [3.05, 3.63) is 70.5 Å². The molecule has 1 aromatic heterocycles. The van der Waals surface area contributed by atoms with Crippen molar-refractivity contribution in [3.8, 4) is 5.75 Å². The number of esters is 1. The molecule has 0 aliphatic rings. The molecule has 0 N–H and O–H groups in total. The third-order valence-electron chi connectivity index (χ3n) is 4.05. The Labute approximate surface area is 145 Å². The van der Waals surface area contributed by atoms with E-state index in [1.165, 1.54) is 6.20 Å². The molecule has 3 rings (SSSR count). The number of hydrogen-bond acceptors (Lipinski definition) is 4. The van der Waals surface area contributed by atoms with Crippen molar-refractivity contribution >= 4 is 16.9 Å². The minimum absolute atomic E-state index is 0.125. The van der Waals surface area contributed by atoms with Gasteiger partial charge >= 0.3 is 5.97 Å². The quantitative estimate of drug-likeness (QED) is 0.528. The first-order chi connectivity index (χ1) is 12.1. The van der Waals surface area contributed by atoms with Gasteiger partial charge in [-0.2, -0.15) is 5.10 Å². The highest BCUT2D eigenvalue weighted by Gasteiger charge is 2.12. The van der Waals surface area contributed by atoms with Gasteiger partial charge in [-0.3, -0.25) is 14.3 Å². The number of aryl methyl sites for hydroxylation is 1. The van der Waals surface area contributed by atoms with Gasteiger partial charge in [-0.05, 0) is 29.7 Å². The molecule has 0 bridgehead atoms. The highest BCUT2D eigenvalue weighted by molar-refractivity contribution is 5.78. The molecule has 128 valence electrons. The van der Waals surface area contributed by atoms with Crippen LogP contribution in [0.3, 0.4) is 0 Å². The monoisotopic (exact) mass is 336 g/mol. The van der Waals surface area contributed by atoms with Gasteiger partial charge in [0.05, 0.1) is 24.7 Å². The van der Waals surface area contributed by atoms with E-state index in [9.17, 15) is 9.59 Å². The summed E-state index contributed by atoms with van der Waals surface area (Å²) in [6, 6.07) is 14.8. The zero-order valence-electron chi connectivity index (χ0n) is 14.3. The summed E-state index contributed by atoms with van der Waals surface area (Å²) in [5.74, 6) is 0.548. The van der Waals surface area contributed by atoms with Gasteiger partial charge in [0.15, 0.2) is 0 Å². The maximum absolute atomic E-state index is 12.2. The van der Waals surface area contributed by atoms with E-state index in [1.54, 1.807) is 16.8 Å². The lowest BCUT2D eigenvalue weighted by Gasteiger charge is -2.13. The Bertz CT molecular complexity index is 960. The van der Waals surface area contributed by atoms with Gasteiger partial charge in [-0.1, -0.05) is 44.2 Å². The van der Waals surface area contributed by atoms with Gasteiger partial charge in [0.2, 0.25) is 5.43 Å². The number of carbonyl (C=O) groups excluding carboxylic acids is 1. The molecule has 0 saturated heterocycles. The second kappa shape index (κ2) is 7.30. The fourth-order valence-electron chi connectivity index (χ4n) is 2.76. The van der Waals surface area contributed by atoms with Gasteiger partial charge in [-0.15, -0.1) is 0 Å². The number of rotatable bonds is 5. The molecule has 3 aromatic rings. The number of nitrogens with zero attached hydrogens (tertiary/aromatic N) is 2. The molecule has 0 amide bonds. The largest absolute Gasteiger partial charge is 0.426 e. The summed E-state index contributed by atoms with van der Waals surface area (Å²) in [6.07, 6.45) is 1.45. The summed E-state index contributed by atoms with van der Waals surface area (Å²) in [4.78, 5) is 24.1. The molecule has 5 heteroatoms. The van der Waals surface area contributed by atoms with E-state index in [0.29, 0.717) is 23.2 Å². The molecule has 5 nitrogen and oxygen atoms in total. The van der Waals surface area contributed by atoms with Crippen LogP contribution >= 0.6 is 0 Å². The SMILES string of the molecule is CC(C)c1ccccc1OC(=O)CCn1ncc(=O)c2ccccc21. The first-order valence-corrected chi connectivity index (χ1v) is 8.30. The van der Waals surface area contributed by atoms with E-state index in [-0.39, 0.29) is 23.7 Å². The molecule has 0 spiro atoms. The zero-order chi connectivity index (χ0) is 17.8. The first-order valence-electron chi connectivity index (χ1n) is 8.30. The van der Waals surface area contributed by atoms with E-state index in [0.717, 1.165) is 5.56 Å². The van der Waals surface area contributed by atoms with Gasteiger partial charge in [-0.25, -0.2) is 0 Å². The van der Waals surface area contributed by atoms with Crippen LogP contribution in [-0.4, -0.2) is 15.7 Å². The van der Waals surface area contributed by atoms with Crippen LogP contribution in [0.5, 0.6) is 5.75 Å². The Morgan fingerprint density at radius 2 is 1.84 bits per heavy atom. The molecule has 0 aliphatic heterocycles. The Kier molecular flexibility index (Phi) is 4.93. The fraction of sp³-hybridized carbons (Fsp3) is 0.250. The number of fused-ring (bicyclic) bond motifs is 1. The number of para-hydroxylation sites is 2. The minimum atomic E-state index is -0.322. The Morgan fingerprint density at radius 1 is 1.12 bits per heavy atom. The van der Waals surface area contributed by atoms with Crippen molar-refractivity contribution < 1.29 is 9.53 Å². The van der Waals surface area contributed by atoms with Gasteiger partial charge in [0, 0.05) is 5.39 Å². The Morgan fingerprint density at radius 3 is 2.64 bits per heavy atom. The summed E-state index contributed by atoms with van der Waals surface area (Å²) in [5, 5.41) is 4.72. The van der Waals surface area contributed by atoms with Crippen LogP contribution in [-0.2, 0) is 11.3 Å². The number of hydrogen-bond donors (Lipinski definition) is 0. The van der Waals surface area contributed by atoms with Crippen molar-refractivity contribution in [3.63, 3.8) is 0 Å². The minimum Gasteiger partial charge on any atom is -0.426 e. The van der Waals surface area contributed by atoms with Crippen LogP contribution in [0.25, 0.3) is 10.9 Å². The van der Waals surface area contributed by atoms with Gasteiger partial charge < -0.3 is 4.74 Å². The zero-order valence-corrected chi connectivity index (χ0v) is 14.3. The number of ether oxygens (including phenoxy) is 1. The lowest BCUT2D eigenvalue weighted by molar-refractivity contribution is -0.134. The topological polar surface area (TPSA) is 61.2 Å². The second-order valence-corrected chi connectivity index (χ2v) is 6.17. The molecule has 1 heterocycles. The van der Waals surface area contributed by atoms with E-state index in [4.69, 9.17) is 4.74 Å². The third-order valence-corrected chi connectivity index (χ3v) is 4.05. The van der Waals surface area contributed by atoms with Crippen LogP contribution in [0.4, 0.5) is 0 Å². The molecule has 0 saturated carbocycles. The maximum Gasteiger partial charge on any atom is 0.313 e. The van der Waals surface area contributed by atoms with Crippen LogP contribution in [0.2, 0.25) is 0 Å². The van der Waals surface area contributed by atoms with Gasteiger partial charge in [0.1, 0.15) is 5.75 Å². The summed E-state index contributed by atoms with van der Waals surface area (Å²) >= 11 is 0. The molecule has 25 heavy (non-hydrogen) atoms. The van der Waals surface area contributed by atoms with Gasteiger partial charge in [0.25, 0.3) is 0 Å². The van der Waals surface area contributed by atoms with Crippen LogP contribution < -0.4 is 10.2 Å². The number of benzene rings is 2. The second-order valence-electron chi connectivity index (χ2n) is 6.17. The van der Waals surface area contributed by atoms with E-state index < -0.39 is 0 Å². The summed E-state index contributed by atoms with van der Waals surface area (Å²) in [7, 11) is 0. The first kappa shape index (κ1) is 16.9. The lowest BCUT2D eigenvalue weighted by Crippen LogP contribution is -2.17. The van der Waals surface area contributed by atoms with Crippen molar-refractivity contribution in [2.45, 2.75) is 32.7 Å². The van der Waals surface area contributed by atoms with E-state index in [1.807, 2.05) is 36.4 Å². The average Bonchev–Trinajstić information content (AvgIpc) is 2.62. The van der Waals surface area contributed by atoms with Crippen LogP contribution in [0.15, 0.2) is 59.5 Å². The maximum atomic E-state index is 12.2.